The van der Waals surface area contributed by atoms with Gasteiger partial charge in [-0.2, -0.15) is 0 Å². The molecule has 0 unspecified atom stereocenters. The first-order chi connectivity index (χ1) is 6.50. The van der Waals surface area contributed by atoms with Crippen molar-refractivity contribution >= 4 is 11.8 Å². The van der Waals surface area contributed by atoms with Crippen molar-refractivity contribution in [2.75, 3.05) is 0 Å². The predicted octanol–water partition coefficient (Wildman–Crippen LogP) is 1.19. The lowest BCUT2D eigenvalue weighted by molar-refractivity contribution is -0.385. The Labute approximate surface area is 77.2 Å². The molecule has 0 fully saturated rings. The zero-order valence-electron chi connectivity index (χ0n) is 6.77. The van der Waals surface area contributed by atoms with E-state index in [-0.39, 0.29) is 5.75 Å². The molecule has 0 heterocycles. The van der Waals surface area contributed by atoms with Gasteiger partial charge in [-0.1, -0.05) is 0 Å². The first-order valence-electron chi connectivity index (χ1n) is 3.42. The summed E-state index contributed by atoms with van der Waals surface area (Å²) < 4.78 is 16.9. The van der Waals surface area contributed by atoms with Crippen LogP contribution in [-0.4, -0.2) is 11.0 Å². The molecule has 0 spiro atoms. The summed E-state index contributed by atoms with van der Waals surface area (Å²) in [5, 5.41) is 10.4. The van der Waals surface area contributed by atoms with Crippen molar-refractivity contribution in [1.29, 1.82) is 0 Å². The Hall–Kier alpha value is -2.18. The fourth-order valence-corrected chi connectivity index (χ4v) is 0.828. The molecule has 6 nitrogen and oxygen atoms in total. The third-order valence-electron chi connectivity index (χ3n) is 1.33. The van der Waals surface area contributed by atoms with Gasteiger partial charge in [0, 0.05) is 0 Å². The van der Waals surface area contributed by atoms with Gasteiger partial charge in [0.05, 0.1) is 11.0 Å². The minimum absolute atomic E-state index is 0.385. The summed E-state index contributed by atoms with van der Waals surface area (Å²) in [6, 6.07) is 2.52. The lowest BCUT2D eigenvalue weighted by Crippen LogP contribution is -2.16. The van der Waals surface area contributed by atoms with E-state index in [0.717, 1.165) is 12.1 Å². The molecule has 74 valence electrons. The number of nitro benzene ring substituents is 1. The van der Waals surface area contributed by atoms with Crippen molar-refractivity contribution in [3.63, 3.8) is 0 Å². The number of carbonyl (C=O) groups excluding carboxylic acids is 1. The molecule has 0 bridgehead atoms. The molecule has 0 aliphatic rings. The number of hydrogen-bond acceptors (Lipinski definition) is 4. The topological polar surface area (TPSA) is 95.5 Å². The maximum absolute atomic E-state index is 12.6. The Morgan fingerprint density at radius 1 is 1.57 bits per heavy atom. The zero-order chi connectivity index (χ0) is 10.7. The molecule has 1 aromatic rings. The summed E-state index contributed by atoms with van der Waals surface area (Å²) in [4.78, 5) is 19.8. The van der Waals surface area contributed by atoms with Gasteiger partial charge >= 0.3 is 11.8 Å². The highest BCUT2D eigenvalue weighted by molar-refractivity contribution is 5.70. The fourth-order valence-electron chi connectivity index (χ4n) is 0.828. The molecule has 0 radical (unpaired) electrons. The number of halogens is 1. The van der Waals surface area contributed by atoms with Gasteiger partial charge in [0.2, 0.25) is 5.75 Å². The maximum atomic E-state index is 12.6. The lowest BCUT2D eigenvalue weighted by atomic mass is 10.3. The van der Waals surface area contributed by atoms with E-state index in [9.17, 15) is 19.3 Å². The number of ether oxygens (including phenoxy) is 1. The van der Waals surface area contributed by atoms with Gasteiger partial charge in [0.15, 0.2) is 0 Å². The van der Waals surface area contributed by atoms with Crippen LogP contribution in [0.2, 0.25) is 0 Å². The van der Waals surface area contributed by atoms with E-state index in [1.54, 1.807) is 0 Å². The van der Waals surface area contributed by atoms with Crippen LogP contribution in [0.4, 0.5) is 14.9 Å². The minimum atomic E-state index is -1.19. The molecule has 0 saturated carbocycles. The number of amides is 1. The fraction of sp³-hybridized carbons (Fsp3) is 0. The van der Waals surface area contributed by atoms with E-state index < -0.39 is 22.5 Å². The molecule has 0 aliphatic carbocycles. The Bertz CT molecular complexity index is 393. The van der Waals surface area contributed by atoms with Gasteiger partial charge in [0.1, 0.15) is 5.82 Å². The quantitative estimate of drug-likeness (QED) is 0.572. The van der Waals surface area contributed by atoms with Crippen molar-refractivity contribution in [1.82, 2.24) is 0 Å². The average Bonchev–Trinajstić information content (AvgIpc) is 2.07. The maximum Gasteiger partial charge on any atom is 0.410 e. The second-order valence-electron chi connectivity index (χ2n) is 2.29. The van der Waals surface area contributed by atoms with Crippen LogP contribution >= 0.6 is 0 Å². The van der Waals surface area contributed by atoms with Crippen LogP contribution < -0.4 is 10.5 Å². The first-order valence-corrected chi connectivity index (χ1v) is 3.42. The summed E-state index contributed by atoms with van der Waals surface area (Å²) >= 11 is 0. The van der Waals surface area contributed by atoms with E-state index in [2.05, 4.69) is 10.5 Å². The largest absolute Gasteiger partial charge is 0.410 e. The van der Waals surface area contributed by atoms with Gasteiger partial charge in [-0.25, -0.2) is 9.18 Å². The summed E-state index contributed by atoms with van der Waals surface area (Å²) in [6.07, 6.45) is -1.19. The zero-order valence-corrected chi connectivity index (χ0v) is 6.77. The predicted molar refractivity (Wildman–Crippen MR) is 43.3 cm³/mol. The third kappa shape index (κ3) is 2.16. The van der Waals surface area contributed by atoms with E-state index in [4.69, 9.17) is 0 Å². The van der Waals surface area contributed by atoms with Crippen molar-refractivity contribution in [3.05, 3.63) is 34.1 Å². The monoisotopic (exact) mass is 200 g/mol. The van der Waals surface area contributed by atoms with Crippen LogP contribution in [-0.2, 0) is 0 Å². The lowest BCUT2D eigenvalue weighted by Gasteiger charge is -2.01. The van der Waals surface area contributed by atoms with E-state index >= 15 is 0 Å². The van der Waals surface area contributed by atoms with Crippen molar-refractivity contribution in [2.24, 2.45) is 5.73 Å². The standard InChI is InChI=1S/C7H5FN2O4/c8-4-1-2-6(14-7(9)11)5(3-4)10(12)13/h1-3H,(H2,9,11). The van der Waals surface area contributed by atoms with Crippen molar-refractivity contribution in [2.45, 2.75) is 0 Å². The highest BCUT2D eigenvalue weighted by Gasteiger charge is 2.17. The molecule has 1 amide bonds. The van der Waals surface area contributed by atoms with Crippen LogP contribution in [0.1, 0.15) is 0 Å². The normalized spacial score (nSPS) is 9.50. The number of nitrogens with zero attached hydrogens (tertiary/aromatic N) is 1. The van der Waals surface area contributed by atoms with Crippen LogP contribution in [0.25, 0.3) is 0 Å². The summed E-state index contributed by atoms with van der Waals surface area (Å²) in [7, 11) is 0. The van der Waals surface area contributed by atoms with Gasteiger partial charge in [-0.05, 0) is 12.1 Å². The second-order valence-corrected chi connectivity index (χ2v) is 2.29. The summed E-state index contributed by atoms with van der Waals surface area (Å²) in [5.41, 5.74) is 4.00. The Morgan fingerprint density at radius 2 is 2.21 bits per heavy atom. The Morgan fingerprint density at radius 3 is 2.71 bits per heavy atom. The van der Waals surface area contributed by atoms with E-state index in [0.29, 0.717) is 6.07 Å². The molecule has 7 heteroatoms. The average molecular weight is 200 g/mol. The number of benzene rings is 1. The van der Waals surface area contributed by atoms with Crippen LogP contribution in [0, 0.1) is 15.9 Å². The SMILES string of the molecule is NC(=O)Oc1ccc(F)cc1[N+](=O)[O-]. The molecule has 0 aliphatic heterocycles. The van der Waals surface area contributed by atoms with Gasteiger partial charge in [-0.15, -0.1) is 0 Å². The number of carbonyl (C=O) groups is 1. The highest BCUT2D eigenvalue weighted by Crippen LogP contribution is 2.27. The smallest absolute Gasteiger partial charge is 0.403 e. The van der Waals surface area contributed by atoms with Crippen LogP contribution in [0.5, 0.6) is 5.75 Å². The molecular weight excluding hydrogens is 195 g/mol. The summed E-state index contributed by atoms with van der Waals surface area (Å²) in [5.74, 6) is -1.18. The Balaban J connectivity index is 3.14. The number of hydrogen-bond donors (Lipinski definition) is 1. The Kier molecular flexibility index (Phi) is 2.61. The number of primary amides is 1. The van der Waals surface area contributed by atoms with Gasteiger partial charge in [-0.3, -0.25) is 10.1 Å². The summed E-state index contributed by atoms with van der Waals surface area (Å²) in [6.45, 7) is 0. The molecule has 1 rings (SSSR count). The third-order valence-corrected chi connectivity index (χ3v) is 1.33. The second kappa shape index (κ2) is 3.69. The molecule has 0 aromatic heterocycles. The first kappa shape index (κ1) is 9.90. The molecule has 2 N–H and O–H groups in total. The van der Waals surface area contributed by atoms with E-state index in [1.807, 2.05) is 0 Å². The molecule has 0 atom stereocenters. The minimum Gasteiger partial charge on any atom is -0.403 e. The van der Waals surface area contributed by atoms with Gasteiger partial charge in [0.25, 0.3) is 0 Å². The van der Waals surface area contributed by atoms with Crippen LogP contribution in [0.15, 0.2) is 18.2 Å². The molecule has 1 aromatic carbocycles. The highest BCUT2D eigenvalue weighted by atomic mass is 19.1. The molecule has 14 heavy (non-hydrogen) atoms. The molecule has 0 saturated heterocycles. The number of nitrogens with two attached hydrogens (primary N) is 1. The van der Waals surface area contributed by atoms with Crippen molar-refractivity contribution < 1.29 is 18.8 Å². The van der Waals surface area contributed by atoms with E-state index in [1.165, 1.54) is 0 Å². The van der Waals surface area contributed by atoms with Crippen molar-refractivity contribution in [3.8, 4) is 5.75 Å². The number of nitro groups is 1. The van der Waals surface area contributed by atoms with Gasteiger partial charge < -0.3 is 10.5 Å². The van der Waals surface area contributed by atoms with Crippen LogP contribution in [0.3, 0.4) is 0 Å². The number of rotatable bonds is 2. The molecular formula is C7H5FN2O4.